The molecule has 0 saturated heterocycles. The number of aryl methyl sites for hydroxylation is 2. The van der Waals surface area contributed by atoms with Crippen LogP contribution in [-0.2, 0) is 6.54 Å². The van der Waals surface area contributed by atoms with Crippen LogP contribution in [-0.4, -0.2) is 16.1 Å². The van der Waals surface area contributed by atoms with Gasteiger partial charge in [0.05, 0.1) is 6.04 Å². The van der Waals surface area contributed by atoms with Gasteiger partial charge in [-0.05, 0) is 43.1 Å². The second-order valence-electron chi connectivity index (χ2n) is 4.97. The number of hydrogen-bond donors (Lipinski definition) is 1. The molecular weight excluding hydrogens is 253 g/mol. The van der Waals surface area contributed by atoms with Crippen molar-refractivity contribution in [1.29, 1.82) is 0 Å². The molecule has 0 saturated carbocycles. The van der Waals surface area contributed by atoms with Gasteiger partial charge in [-0.15, -0.1) is 0 Å². The Hall–Kier alpha value is -1.68. The van der Waals surface area contributed by atoms with Gasteiger partial charge >= 0.3 is 0 Å². The normalized spacial score (nSPS) is 12.6. The Kier molecular flexibility index (Phi) is 4.90. The molecule has 3 nitrogen and oxygen atoms in total. The van der Waals surface area contributed by atoms with E-state index < -0.39 is 0 Å². The average molecular weight is 275 g/mol. The number of halogens is 1. The predicted molar refractivity (Wildman–Crippen MR) is 79.2 cm³/mol. The molecule has 108 valence electrons. The van der Waals surface area contributed by atoms with Crippen LogP contribution in [0.5, 0.6) is 0 Å². The van der Waals surface area contributed by atoms with E-state index in [1.807, 2.05) is 25.4 Å². The van der Waals surface area contributed by atoms with Gasteiger partial charge < -0.3 is 9.88 Å². The van der Waals surface area contributed by atoms with Crippen LogP contribution >= 0.6 is 0 Å². The van der Waals surface area contributed by atoms with Gasteiger partial charge in [-0.25, -0.2) is 9.37 Å². The molecule has 0 spiro atoms. The molecule has 20 heavy (non-hydrogen) atoms. The lowest BCUT2D eigenvalue weighted by atomic mass is 10.00. The predicted octanol–water partition coefficient (Wildman–Crippen LogP) is 3.44. The van der Waals surface area contributed by atoms with Crippen LogP contribution < -0.4 is 5.32 Å². The second-order valence-corrected chi connectivity index (χ2v) is 4.97. The number of nitrogens with one attached hydrogen (secondary N) is 1. The summed E-state index contributed by atoms with van der Waals surface area (Å²) in [6.07, 6.45) is 4.84. The third kappa shape index (κ3) is 3.07. The summed E-state index contributed by atoms with van der Waals surface area (Å²) in [5.41, 5.74) is 2.03. The fourth-order valence-corrected chi connectivity index (χ4v) is 2.48. The zero-order valence-corrected chi connectivity index (χ0v) is 12.4. The van der Waals surface area contributed by atoms with E-state index in [-0.39, 0.29) is 11.9 Å². The maximum atomic E-state index is 13.6. The highest BCUT2D eigenvalue weighted by Gasteiger charge is 2.20. The zero-order chi connectivity index (χ0) is 14.5. The summed E-state index contributed by atoms with van der Waals surface area (Å²) in [7, 11) is 0. The monoisotopic (exact) mass is 275 g/mol. The molecule has 0 radical (unpaired) electrons. The summed E-state index contributed by atoms with van der Waals surface area (Å²) in [5.74, 6) is 0.740. The highest BCUT2D eigenvalue weighted by Crippen LogP contribution is 2.25. The molecule has 0 aliphatic rings. The van der Waals surface area contributed by atoms with Crippen molar-refractivity contribution in [2.24, 2.45) is 0 Å². The van der Waals surface area contributed by atoms with E-state index in [2.05, 4.69) is 28.7 Å². The maximum Gasteiger partial charge on any atom is 0.130 e. The van der Waals surface area contributed by atoms with Crippen molar-refractivity contribution in [2.75, 3.05) is 6.54 Å². The Balaban J connectivity index is 2.44. The van der Waals surface area contributed by atoms with Gasteiger partial charge in [0.1, 0.15) is 11.6 Å². The zero-order valence-electron chi connectivity index (χ0n) is 12.4. The number of aromatic nitrogens is 2. The van der Waals surface area contributed by atoms with E-state index in [4.69, 9.17) is 0 Å². The van der Waals surface area contributed by atoms with Crippen molar-refractivity contribution in [3.8, 4) is 0 Å². The third-order valence-electron chi connectivity index (χ3n) is 3.43. The summed E-state index contributed by atoms with van der Waals surface area (Å²) in [5, 5.41) is 3.42. The van der Waals surface area contributed by atoms with Gasteiger partial charge in [0.15, 0.2) is 0 Å². The SMILES string of the molecule is CCCn1ccnc1C(NCC)c1cc(F)ccc1C. The van der Waals surface area contributed by atoms with Crippen molar-refractivity contribution in [1.82, 2.24) is 14.9 Å². The smallest absolute Gasteiger partial charge is 0.130 e. The van der Waals surface area contributed by atoms with Crippen LogP contribution in [0.2, 0.25) is 0 Å². The quantitative estimate of drug-likeness (QED) is 0.875. The van der Waals surface area contributed by atoms with E-state index in [0.717, 1.165) is 36.5 Å². The molecule has 0 fully saturated rings. The molecule has 0 aliphatic carbocycles. The van der Waals surface area contributed by atoms with Gasteiger partial charge in [0.2, 0.25) is 0 Å². The van der Waals surface area contributed by atoms with Crippen LogP contribution in [0.1, 0.15) is 43.3 Å². The topological polar surface area (TPSA) is 29.9 Å². The molecule has 0 aliphatic heterocycles. The molecule has 2 rings (SSSR count). The molecule has 2 aromatic rings. The maximum absolute atomic E-state index is 13.6. The van der Waals surface area contributed by atoms with Crippen molar-refractivity contribution >= 4 is 0 Å². The molecule has 4 heteroatoms. The van der Waals surface area contributed by atoms with Crippen LogP contribution in [0.15, 0.2) is 30.6 Å². The summed E-state index contributed by atoms with van der Waals surface area (Å²) in [6, 6.07) is 4.85. The van der Waals surface area contributed by atoms with Crippen LogP contribution in [0, 0.1) is 12.7 Å². The number of rotatable bonds is 6. The second kappa shape index (κ2) is 6.66. The number of nitrogens with zero attached hydrogens (tertiary/aromatic N) is 2. The Morgan fingerprint density at radius 3 is 2.85 bits per heavy atom. The van der Waals surface area contributed by atoms with E-state index in [0.29, 0.717) is 0 Å². The Morgan fingerprint density at radius 1 is 1.35 bits per heavy atom. The Bertz CT molecular complexity index is 563. The van der Waals surface area contributed by atoms with Gasteiger partial charge in [0.25, 0.3) is 0 Å². The van der Waals surface area contributed by atoms with Crippen molar-refractivity contribution < 1.29 is 4.39 Å². The minimum atomic E-state index is -0.206. The molecule has 1 atom stereocenters. The van der Waals surface area contributed by atoms with Gasteiger partial charge in [-0.1, -0.05) is 19.9 Å². The summed E-state index contributed by atoms with van der Waals surface area (Å²) >= 11 is 0. The van der Waals surface area contributed by atoms with Crippen molar-refractivity contribution in [3.05, 3.63) is 53.4 Å². The van der Waals surface area contributed by atoms with Gasteiger partial charge in [-0.3, -0.25) is 0 Å². The minimum Gasteiger partial charge on any atom is -0.333 e. The van der Waals surface area contributed by atoms with E-state index in [9.17, 15) is 4.39 Å². The number of benzene rings is 1. The lowest BCUT2D eigenvalue weighted by molar-refractivity contribution is 0.538. The van der Waals surface area contributed by atoms with Crippen LogP contribution in [0.3, 0.4) is 0 Å². The summed E-state index contributed by atoms with van der Waals surface area (Å²) < 4.78 is 15.7. The van der Waals surface area contributed by atoms with Crippen LogP contribution in [0.4, 0.5) is 4.39 Å². The van der Waals surface area contributed by atoms with Gasteiger partial charge in [-0.2, -0.15) is 0 Å². The molecule has 1 aromatic carbocycles. The average Bonchev–Trinajstić information content (AvgIpc) is 2.88. The number of imidazole rings is 1. The van der Waals surface area contributed by atoms with E-state index >= 15 is 0 Å². The molecule has 1 unspecified atom stereocenters. The molecule has 0 bridgehead atoms. The first-order valence-corrected chi connectivity index (χ1v) is 7.17. The molecule has 0 amide bonds. The molecule has 1 N–H and O–H groups in total. The summed E-state index contributed by atoms with van der Waals surface area (Å²) in [6.45, 7) is 7.92. The molecule has 1 heterocycles. The van der Waals surface area contributed by atoms with E-state index in [1.54, 1.807) is 6.07 Å². The first kappa shape index (κ1) is 14.7. The highest BCUT2D eigenvalue weighted by molar-refractivity contribution is 5.33. The number of hydrogen-bond acceptors (Lipinski definition) is 2. The van der Waals surface area contributed by atoms with E-state index in [1.165, 1.54) is 6.07 Å². The highest BCUT2D eigenvalue weighted by atomic mass is 19.1. The molecule has 1 aromatic heterocycles. The lowest BCUT2D eigenvalue weighted by Crippen LogP contribution is -2.26. The molecular formula is C16H22FN3. The fourth-order valence-electron chi connectivity index (χ4n) is 2.48. The van der Waals surface area contributed by atoms with Crippen molar-refractivity contribution in [3.63, 3.8) is 0 Å². The Morgan fingerprint density at radius 2 is 2.15 bits per heavy atom. The van der Waals surface area contributed by atoms with Crippen LogP contribution in [0.25, 0.3) is 0 Å². The first-order valence-electron chi connectivity index (χ1n) is 7.17. The first-order chi connectivity index (χ1) is 9.67. The Labute approximate surface area is 119 Å². The largest absolute Gasteiger partial charge is 0.333 e. The third-order valence-corrected chi connectivity index (χ3v) is 3.43. The van der Waals surface area contributed by atoms with Gasteiger partial charge in [0, 0.05) is 18.9 Å². The minimum absolute atomic E-state index is 0.0720. The lowest BCUT2D eigenvalue weighted by Gasteiger charge is -2.21. The fraction of sp³-hybridized carbons (Fsp3) is 0.438. The van der Waals surface area contributed by atoms with Crippen molar-refractivity contribution in [2.45, 2.75) is 39.8 Å². The standard InChI is InChI=1S/C16H22FN3/c1-4-9-20-10-8-19-16(20)15(18-5-2)14-11-13(17)7-6-12(14)3/h6-8,10-11,15,18H,4-5,9H2,1-3H3. The summed E-state index contributed by atoms with van der Waals surface area (Å²) in [4.78, 5) is 4.48.